The Hall–Kier alpha value is -3.07. The molecule has 1 aromatic heterocycles. The van der Waals surface area contributed by atoms with Gasteiger partial charge in [-0.3, -0.25) is 4.79 Å². The fourth-order valence-electron chi connectivity index (χ4n) is 4.28. The summed E-state index contributed by atoms with van der Waals surface area (Å²) in [7, 11) is 0. The van der Waals surface area contributed by atoms with Gasteiger partial charge in [0.2, 0.25) is 0 Å². The number of hydrogen-bond acceptors (Lipinski definition) is 6. The van der Waals surface area contributed by atoms with E-state index in [1.807, 2.05) is 0 Å². The molecular formula is C25H27ClFN5O2. The highest BCUT2D eigenvalue weighted by atomic mass is 35.5. The Labute approximate surface area is 202 Å². The number of nitrogen functional groups attached to an aromatic ring is 1. The van der Waals surface area contributed by atoms with E-state index >= 15 is 4.39 Å². The Morgan fingerprint density at radius 1 is 1.21 bits per heavy atom. The number of carbonyl (C=O) groups is 1. The van der Waals surface area contributed by atoms with Crippen molar-refractivity contribution in [1.29, 1.82) is 0 Å². The van der Waals surface area contributed by atoms with Crippen molar-refractivity contribution < 1.29 is 14.3 Å². The molecular weight excluding hydrogens is 457 g/mol. The Morgan fingerprint density at radius 2 is 1.97 bits per heavy atom. The lowest BCUT2D eigenvalue weighted by molar-refractivity contribution is 0.0933. The molecule has 4 rings (SSSR count). The van der Waals surface area contributed by atoms with Gasteiger partial charge in [0.15, 0.2) is 0 Å². The van der Waals surface area contributed by atoms with Crippen LogP contribution in [-0.4, -0.2) is 33.6 Å². The zero-order valence-electron chi connectivity index (χ0n) is 18.5. The quantitative estimate of drug-likeness (QED) is 0.420. The van der Waals surface area contributed by atoms with Gasteiger partial charge in [-0.1, -0.05) is 29.8 Å². The minimum atomic E-state index is -0.704. The number of aliphatic hydroxyl groups excluding tert-OH is 1. The lowest BCUT2D eigenvalue weighted by atomic mass is 9.85. The second-order valence-electron chi connectivity index (χ2n) is 8.55. The van der Waals surface area contributed by atoms with Crippen LogP contribution < -0.4 is 16.8 Å². The summed E-state index contributed by atoms with van der Waals surface area (Å²) >= 11 is 6.03. The van der Waals surface area contributed by atoms with E-state index in [4.69, 9.17) is 23.1 Å². The van der Waals surface area contributed by atoms with Gasteiger partial charge in [-0.25, -0.2) is 14.4 Å². The van der Waals surface area contributed by atoms with Crippen LogP contribution in [0.1, 0.15) is 59.3 Å². The number of aliphatic hydroxyl groups is 1. The van der Waals surface area contributed by atoms with Crippen LogP contribution >= 0.6 is 11.6 Å². The Kier molecular flexibility index (Phi) is 7.41. The first-order chi connectivity index (χ1) is 16.4. The Balaban J connectivity index is 1.55. The van der Waals surface area contributed by atoms with Crippen molar-refractivity contribution in [3.8, 4) is 11.3 Å². The van der Waals surface area contributed by atoms with E-state index in [0.29, 0.717) is 29.1 Å². The van der Waals surface area contributed by atoms with Gasteiger partial charge in [-0.05, 0) is 55.5 Å². The van der Waals surface area contributed by atoms with Crippen molar-refractivity contribution in [2.75, 3.05) is 12.3 Å². The lowest BCUT2D eigenvalue weighted by Gasteiger charge is -2.25. The van der Waals surface area contributed by atoms with E-state index in [9.17, 15) is 9.90 Å². The fraction of sp³-hybridized carbons (Fsp3) is 0.320. The van der Waals surface area contributed by atoms with Crippen LogP contribution in [-0.2, 0) is 0 Å². The highest BCUT2D eigenvalue weighted by Crippen LogP contribution is 2.34. The van der Waals surface area contributed by atoms with Crippen molar-refractivity contribution >= 4 is 23.3 Å². The molecule has 0 unspecified atom stereocenters. The molecule has 6 N–H and O–H groups in total. The van der Waals surface area contributed by atoms with Crippen molar-refractivity contribution in [1.82, 2.24) is 15.3 Å². The van der Waals surface area contributed by atoms with Crippen molar-refractivity contribution in [2.45, 2.75) is 43.7 Å². The second-order valence-corrected chi connectivity index (χ2v) is 8.98. The fourth-order valence-corrected chi connectivity index (χ4v) is 4.48. The number of carbonyl (C=O) groups excluding carboxylic acids is 1. The van der Waals surface area contributed by atoms with Crippen LogP contribution in [0.25, 0.3) is 11.3 Å². The lowest BCUT2D eigenvalue weighted by Crippen LogP contribution is -2.33. The number of amides is 1. The Morgan fingerprint density at radius 3 is 2.65 bits per heavy atom. The molecule has 1 fully saturated rings. The number of hydrogen-bond donors (Lipinski definition) is 4. The second kappa shape index (κ2) is 10.5. The summed E-state index contributed by atoms with van der Waals surface area (Å²) < 4.78 is 15.0. The molecule has 3 aromatic rings. The molecule has 1 amide bonds. The number of benzene rings is 2. The predicted octanol–water partition coefficient (Wildman–Crippen LogP) is 3.97. The SMILES string of the molecule is NC[C@@H](NC(=O)c1ccc(-c2nc(C3CCC(O)CC3)cnc2N)cc1F)c1cccc(Cl)c1. The molecule has 1 heterocycles. The third-order valence-corrected chi connectivity index (χ3v) is 6.45. The number of nitrogens with zero attached hydrogens (tertiary/aromatic N) is 2. The summed E-state index contributed by atoms with van der Waals surface area (Å²) in [4.78, 5) is 21.7. The van der Waals surface area contributed by atoms with Gasteiger partial charge in [-0.15, -0.1) is 0 Å². The number of nitrogens with two attached hydrogens (primary N) is 2. The van der Waals surface area contributed by atoms with Gasteiger partial charge in [0.05, 0.1) is 29.6 Å². The molecule has 34 heavy (non-hydrogen) atoms. The topological polar surface area (TPSA) is 127 Å². The van der Waals surface area contributed by atoms with Gasteiger partial charge >= 0.3 is 0 Å². The van der Waals surface area contributed by atoms with Crippen molar-refractivity contribution in [2.24, 2.45) is 5.73 Å². The minimum absolute atomic E-state index is 0.117. The average Bonchev–Trinajstić information content (AvgIpc) is 2.83. The maximum absolute atomic E-state index is 15.0. The van der Waals surface area contributed by atoms with E-state index in [2.05, 4.69) is 15.3 Å². The molecule has 9 heteroatoms. The zero-order chi connectivity index (χ0) is 24.2. The molecule has 0 saturated heterocycles. The Bertz CT molecular complexity index is 1180. The standard InChI is InChI=1S/C25H27ClFN5O2/c26-17-3-1-2-15(10-17)21(12-28)32-25(34)19-9-6-16(11-20(19)27)23-24(29)30-13-22(31-23)14-4-7-18(33)8-5-14/h1-3,6,9-11,13-14,18,21,33H,4-5,7-8,12,28H2,(H2,29,30)(H,32,34)/t14?,18?,21-/m1/s1. The molecule has 1 atom stereocenters. The molecule has 1 aliphatic rings. The van der Waals surface area contributed by atoms with Crippen LogP contribution in [0.5, 0.6) is 0 Å². The number of anilines is 1. The first-order valence-electron chi connectivity index (χ1n) is 11.2. The van der Waals surface area contributed by atoms with Gasteiger partial charge in [-0.2, -0.15) is 0 Å². The smallest absolute Gasteiger partial charge is 0.254 e. The van der Waals surface area contributed by atoms with Gasteiger partial charge < -0.3 is 21.9 Å². The van der Waals surface area contributed by atoms with Gasteiger partial charge in [0.25, 0.3) is 5.91 Å². The molecule has 0 aliphatic heterocycles. The van der Waals surface area contributed by atoms with Crippen molar-refractivity contribution in [3.63, 3.8) is 0 Å². The van der Waals surface area contributed by atoms with E-state index in [0.717, 1.165) is 24.1 Å². The number of rotatable bonds is 6. The van der Waals surface area contributed by atoms with Crippen LogP contribution in [0.2, 0.25) is 5.02 Å². The maximum atomic E-state index is 15.0. The highest BCUT2D eigenvalue weighted by molar-refractivity contribution is 6.30. The highest BCUT2D eigenvalue weighted by Gasteiger charge is 2.24. The number of aromatic nitrogens is 2. The monoisotopic (exact) mass is 483 g/mol. The van der Waals surface area contributed by atoms with E-state index in [-0.39, 0.29) is 29.9 Å². The van der Waals surface area contributed by atoms with Gasteiger partial charge in [0.1, 0.15) is 17.3 Å². The third-order valence-electron chi connectivity index (χ3n) is 6.21. The number of nitrogens with one attached hydrogen (secondary N) is 1. The molecule has 178 valence electrons. The molecule has 0 bridgehead atoms. The summed E-state index contributed by atoms with van der Waals surface area (Å²) in [5.74, 6) is -0.942. The summed E-state index contributed by atoms with van der Waals surface area (Å²) in [6.07, 6.45) is 4.40. The third kappa shape index (κ3) is 5.35. The molecule has 2 aromatic carbocycles. The summed E-state index contributed by atoms with van der Waals surface area (Å²) in [6.45, 7) is 0.128. The van der Waals surface area contributed by atoms with Crippen LogP contribution in [0.4, 0.5) is 10.2 Å². The van der Waals surface area contributed by atoms with E-state index in [1.165, 1.54) is 12.1 Å². The van der Waals surface area contributed by atoms with Crippen LogP contribution in [0, 0.1) is 5.82 Å². The largest absolute Gasteiger partial charge is 0.393 e. The molecule has 0 spiro atoms. The summed E-state index contributed by atoms with van der Waals surface area (Å²) in [5, 5.41) is 13.0. The van der Waals surface area contributed by atoms with E-state index < -0.39 is 17.8 Å². The predicted molar refractivity (Wildman–Crippen MR) is 130 cm³/mol. The van der Waals surface area contributed by atoms with Crippen LogP contribution in [0.15, 0.2) is 48.7 Å². The summed E-state index contributed by atoms with van der Waals surface area (Å²) in [6, 6.07) is 10.7. The molecule has 1 aliphatic carbocycles. The average molecular weight is 484 g/mol. The first-order valence-corrected chi connectivity index (χ1v) is 11.6. The number of halogens is 2. The zero-order valence-corrected chi connectivity index (χ0v) is 19.3. The minimum Gasteiger partial charge on any atom is -0.393 e. The van der Waals surface area contributed by atoms with Crippen molar-refractivity contribution in [3.05, 3.63) is 76.3 Å². The van der Waals surface area contributed by atoms with Gasteiger partial charge in [0, 0.05) is 23.0 Å². The molecule has 0 radical (unpaired) electrons. The molecule has 7 nitrogen and oxygen atoms in total. The van der Waals surface area contributed by atoms with E-state index in [1.54, 1.807) is 36.5 Å². The maximum Gasteiger partial charge on any atom is 0.254 e. The summed E-state index contributed by atoms with van der Waals surface area (Å²) in [5.41, 5.74) is 14.1. The first kappa shape index (κ1) is 24.1. The normalized spacial score (nSPS) is 18.9. The van der Waals surface area contributed by atoms with Crippen LogP contribution in [0.3, 0.4) is 0 Å². The molecule has 1 saturated carbocycles.